The van der Waals surface area contributed by atoms with Gasteiger partial charge in [-0.1, -0.05) is 49.6 Å². The highest BCUT2D eigenvalue weighted by Gasteiger charge is 2.34. The molecule has 8 nitrogen and oxygen atoms in total. The van der Waals surface area contributed by atoms with E-state index < -0.39 is 18.1 Å². The predicted molar refractivity (Wildman–Crippen MR) is 156 cm³/mol. The van der Waals surface area contributed by atoms with Gasteiger partial charge in [0, 0.05) is 23.9 Å². The van der Waals surface area contributed by atoms with E-state index in [1.807, 2.05) is 54.6 Å². The number of carboxylic acids is 1. The number of hydrogen-bond donors (Lipinski definition) is 3. The summed E-state index contributed by atoms with van der Waals surface area (Å²) < 4.78 is 5.84. The van der Waals surface area contributed by atoms with Crippen molar-refractivity contribution in [1.29, 1.82) is 0 Å². The zero-order chi connectivity index (χ0) is 27.5. The van der Waals surface area contributed by atoms with Crippen molar-refractivity contribution < 1.29 is 24.2 Å². The summed E-state index contributed by atoms with van der Waals surface area (Å²) in [6.45, 7) is 0.136. The van der Waals surface area contributed by atoms with Gasteiger partial charge in [-0.05, 0) is 54.3 Å². The SMILES string of the molecule is O=C(O)CN1CSC[C@H]1C(=O)N[C@@H](CSCC1CCCCC1)C(=O)NCc1ccc(Oc2ccccc2)cc1. The molecular weight excluding hydrogens is 534 g/mol. The second kappa shape index (κ2) is 15.2. The molecule has 4 rings (SSSR count). The molecule has 210 valence electrons. The van der Waals surface area contributed by atoms with Crippen LogP contribution in [-0.4, -0.2) is 69.6 Å². The molecule has 1 saturated heterocycles. The predicted octanol–water partition coefficient (Wildman–Crippen LogP) is 4.35. The number of carboxylic acid groups (broad SMARTS) is 1. The maximum absolute atomic E-state index is 13.2. The molecule has 10 heteroatoms. The summed E-state index contributed by atoms with van der Waals surface area (Å²) in [7, 11) is 0. The quantitative estimate of drug-likeness (QED) is 0.326. The number of hydrogen-bond acceptors (Lipinski definition) is 7. The number of nitrogens with one attached hydrogen (secondary N) is 2. The number of thioether (sulfide) groups is 2. The molecule has 1 aliphatic heterocycles. The van der Waals surface area contributed by atoms with Crippen molar-refractivity contribution in [1.82, 2.24) is 15.5 Å². The lowest BCUT2D eigenvalue weighted by atomic mass is 9.91. The number of nitrogens with zero attached hydrogens (tertiary/aromatic N) is 1. The van der Waals surface area contributed by atoms with E-state index in [9.17, 15) is 19.5 Å². The maximum Gasteiger partial charge on any atom is 0.317 e. The normalized spacial score (nSPS) is 18.8. The molecule has 2 aliphatic rings. The van der Waals surface area contributed by atoms with E-state index in [1.165, 1.54) is 43.9 Å². The molecule has 2 aromatic carbocycles. The number of amides is 2. The maximum atomic E-state index is 13.2. The van der Waals surface area contributed by atoms with Crippen LogP contribution in [0.4, 0.5) is 0 Å². The monoisotopic (exact) mass is 571 g/mol. The average Bonchev–Trinajstić information content (AvgIpc) is 3.40. The highest BCUT2D eigenvalue weighted by molar-refractivity contribution is 7.99. The van der Waals surface area contributed by atoms with Crippen molar-refractivity contribution in [3.63, 3.8) is 0 Å². The summed E-state index contributed by atoms with van der Waals surface area (Å²) in [6.07, 6.45) is 6.28. The van der Waals surface area contributed by atoms with Crippen LogP contribution in [-0.2, 0) is 20.9 Å². The Hall–Kier alpha value is -2.69. The fourth-order valence-corrected chi connectivity index (χ4v) is 7.29. The molecular formula is C29H37N3O5S2. The van der Waals surface area contributed by atoms with Crippen LogP contribution in [0.3, 0.4) is 0 Å². The minimum atomic E-state index is -0.965. The summed E-state index contributed by atoms with van der Waals surface area (Å²) in [4.78, 5) is 39.2. The van der Waals surface area contributed by atoms with E-state index in [-0.39, 0.29) is 18.4 Å². The molecule has 0 spiro atoms. The van der Waals surface area contributed by atoms with Crippen LogP contribution in [0.2, 0.25) is 0 Å². The first-order valence-electron chi connectivity index (χ1n) is 13.5. The Balaban J connectivity index is 1.33. The molecule has 39 heavy (non-hydrogen) atoms. The molecule has 2 fully saturated rings. The van der Waals surface area contributed by atoms with Gasteiger partial charge in [-0.15, -0.1) is 11.8 Å². The van der Waals surface area contributed by atoms with Crippen molar-refractivity contribution >= 4 is 41.3 Å². The van der Waals surface area contributed by atoms with Crippen molar-refractivity contribution in [3.8, 4) is 11.5 Å². The highest BCUT2D eigenvalue weighted by Crippen LogP contribution is 2.27. The number of aliphatic carboxylic acids is 1. The van der Waals surface area contributed by atoms with Gasteiger partial charge < -0.3 is 20.5 Å². The molecule has 1 saturated carbocycles. The second-order valence-electron chi connectivity index (χ2n) is 10.0. The lowest BCUT2D eigenvalue weighted by Crippen LogP contribution is -2.54. The van der Waals surface area contributed by atoms with Crippen LogP contribution < -0.4 is 15.4 Å². The Morgan fingerprint density at radius 2 is 1.74 bits per heavy atom. The molecule has 0 radical (unpaired) electrons. The third kappa shape index (κ3) is 9.47. The summed E-state index contributed by atoms with van der Waals surface area (Å²) >= 11 is 3.24. The van der Waals surface area contributed by atoms with Gasteiger partial charge in [0.05, 0.1) is 12.6 Å². The molecule has 2 amide bonds. The highest BCUT2D eigenvalue weighted by atomic mass is 32.2. The van der Waals surface area contributed by atoms with Gasteiger partial charge in [0.25, 0.3) is 0 Å². The number of carbonyl (C=O) groups is 3. The molecule has 0 aromatic heterocycles. The van der Waals surface area contributed by atoms with Crippen LogP contribution >= 0.6 is 23.5 Å². The summed E-state index contributed by atoms with van der Waals surface area (Å²) in [6, 6.07) is 15.8. The molecule has 0 unspecified atom stereocenters. The molecule has 2 aromatic rings. The van der Waals surface area contributed by atoms with Gasteiger partial charge in [-0.2, -0.15) is 11.8 Å². The first kappa shape index (κ1) is 29.3. The van der Waals surface area contributed by atoms with Crippen LogP contribution in [0.1, 0.15) is 37.7 Å². The Morgan fingerprint density at radius 1 is 1.03 bits per heavy atom. The molecule has 2 atom stereocenters. The fraction of sp³-hybridized carbons (Fsp3) is 0.483. The number of para-hydroxylation sites is 1. The van der Waals surface area contributed by atoms with E-state index in [4.69, 9.17) is 4.74 Å². The van der Waals surface area contributed by atoms with Gasteiger partial charge in [0.2, 0.25) is 11.8 Å². The standard InChI is InChI=1S/C29H37N3O5S2/c33-27(34)16-32-20-39-19-26(32)29(36)31-25(18-38-17-22-7-3-1-4-8-22)28(35)30-15-21-11-13-24(14-12-21)37-23-9-5-2-6-10-23/h2,5-6,9-14,22,25-26H,1,3-4,7-8,15-20H2,(H,30,35)(H,31,36)(H,33,34)/t25-,26-/m0/s1. The second-order valence-corrected chi connectivity index (χ2v) is 12.1. The fourth-order valence-electron chi connectivity index (χ4n) is 4.82. The zero-order valence-corrected chi connectivity index (χ0v) is 23.7. The van der Waals surface area contributed by atoms with Crippen molar-refractivity contribution in [3.05, 3.63) is 60.2 Å². The topological polar surface area (TPSA) is 108 Å². The Kier molecular flexibility index (Phi) is 11.4. The first-order valence-corrected chi connectivity index (χ1v) is 15.8. The van der Waals surface area contributed by atoms with Crippen LogP contribution in [0.5, 0.6) is 11.5 Å². The number of carbonyl (C=O) groups excluding carboxylic acids is 2. The van der Waals surface area contributed by atoms with Gasteiger partial charge in [-0.25, -0.2) is 0 Å². The van der Waals surface area contributed by atoms with E-state index in [0.717, 1.165) is 17.1 Å². The Labute approximate surface area is 238 Å². The lowest BCUT2D eigenvalue weighted by molar-refractivity contribution is -0.139. The van der Waals surface area contributed by atoms with E-state index in [2.05, 4.69) is 10.6 Å². The Bertz CT molecular complexity index is 1080. The van der Waals surface area contributed by atoms with E-state index >= 15 is 0 Å². The molecule has 0 bridgehead atoms. The minimum absolute atomic E-state index is 0.192. The van der Waals surface area contributed by atoms with Crippen LogP contribution in [0.15, 0.2) is 54.6 Å². The van der Waals surface area contributed by atoms with Gasteiger partial charge in [-0.3, -0.25) is 19.3 Å². The van der Waals surface area contributed by atoms with Crippen LogP contribution in [0.25, 0.3) is 0 Å². The van der Waals surface area contributed by atoms with Gasteiger partial charge in [0.1, 0.15) is 17.5 Å². The van der Waals surface area contributed by atoms with Crippen molar-refractivity contribution in [2.24, 2.45) is 5.92 Å². The van der Waals surface area contributed by atoms with E-state index in [1.54, 1.807) is 16.7 Å². The summed E-state index contributed by atoms with van der Waals surface area (Å²) in [5.74, 6) is 3.10. The van der Waals surface area contributed by atoms with Gasteiger partial charge >= 0.3 is 5.97 Å². The lowest BCUT2D eigenvalue weighted by Gasteiger charge is -2.25. The third-order valence-corrected chi connectivity index (χ3v) is 9.32. The molecule has 1 aliphatic carbocycles. The van der Waals surface area contributed by atoms with Crippen molar-refractivity contribution in [2.75, 3.05) is 29.7 Å². The van der Waals surface area contributed by atoms with Crippen molar-refractivity contribution in [2.45, 2.75) is 50.7 Å². The zero-order valence-electron chi connectivity index (χ0n) is 22.1. The molecule has 1 heterocycles. The smallest absolute Gasteiger partial charge is 0.317 e. The largest absolute Gasteiger partial charge is 0.480 e. The number of rotatable bonds is 13. The third-order valence-electron chi connectivity index (χ3n) is 6.98. The number of ether oxygens (including phenoxy) is 1. The first-order chi connectivity index (χ1) is 19.0. The van der Waals surface area contributed by atoms with Gasteiger partial charge in [0.15, 0.2) is 0 Å². The van der Waals surface area contributed by atoms with Crippen LogP contribution in [0, 0.1) is 5.92 Å². The average molecular weight is 572 g/mol. The summed E-state index contributed by atoms with van der Waals surface area (Å²) in [5.41, 5.74) is 0.920. The minimum Gasteiger partial charge on any atom is -0.480 e. The van der Waals surface area contributed by atoms with E-state index in [0.29, 0.717) is 35.6 Å². The number of benzene rings is 2. The summed E-state index contributed by atoms with van der Waals surface area (Å²) in [5, 5.41) is 15.1. The molecule has 3 N–H and O–H groups in total. The Morgan fingerprint density at radius 3 is 2.46 bits per heavy atom.